The fourth-order valence-electron chi connectivity index (χ4n) is 2.08. The second kappa shape index (κ2) is 8.07. The number of aliphatic imine (C=N–C) groups is 1. The van der Waals surface area contributed by atoms with E-state index in [0.29, 0.717) is 26.5 Å². The van der Waals surface area contributed by atoms with Crippen LogP contribution in [-0.4, -0.2) is 23.6 Å². The fraction of sp³-hybridized carbons (Fsp3) is 0.0556. The van der Waals surface area contributed by atoms with E-state index in [0.717, 1.165) is 5.56 Å². The van der Waals surface area contributed by atoms with E-state index in [9.17, 15) is 9.59 Å². The Kier molecular flexibility index (Phi) is 5.60. The summed E-state index contributed by atoms with van der Waals surface area (Å²) in [7, 11) is 0. The van der Waals surface area contributed by atoms with Crippen molar-refractivity contribution in [3.05, 3.63) is 64.0 Å². The van der Waals surface area contributed by atoms with E-state index in [2.05, 4.69) is 10.3 Å². The summed E-state index contributed by atoms with van der Waals surface area (Å²) in [4.78, 5) is 27.7. The molecule has 1 saturated heterocycles. The average Bonchev–Trinajstić information content (AvgIpc) is 2.95. The van der Waals surface area contributed by atoms with Gasteiger partial charge in [0.15, 0.2) is 11.8 Å². The SMILES string of the molecule is NC(=O)COc1ccc(/C=C2\SC(=Nc3ccc(Cl)cc3)NC2=O)cc1. The van der Waals surface area contributed by atoms with Gasteiger partial charge < -0.3 is 15.8 Å². The van der Waals surface area contributed by atoms with Gasteiger partial charge in [-0.25, -0.2) is 4.99 Å². The first-order valence-electron chi connectivity index (χ1n) is 7.56. The van der Waals surface area contributed by atoms with E-state index in [-0.39, 0.29) is 12.5 Å². The molecule has 0 atom stereocenters. The second-order valence-corrected chi connectivity index (χ2v) is 6.75. The third kappa shape index (κ3) is 4.87. The molecule has 2 aromatic carbocycles. The van der Waals surface area contributed by atoms with E-state index in [1.807, 2.05) is 0 Å². The standard InChI is InChI=1S/C18H14ClN3O3S/c19-12-3-5-13(6-4-12)21-18-22-17(24)15(26-18)9-11-1-7-14(8-2-11)25-10-16(20)23/h1-9H,10H2,(H2,20,23)(H,21,22,24)/b15-9-. The predicted octanol–water partition coefficient (Wildman–Crippen LogP) is 3.10. The van der Waals surface area contributed by atoms with Gasteiger partial charge in [-0.05, 0) is 59.8 Å². The smallest absolute Gasteiger partial charge is 0.264 e. The van der Waals surface area contributed by atoms with Gasteiger partial charge in [0.1, 0.15) is 5.75 Å². The fourth-order valence-corrected chi connectivity index (χ4v) is 3.05. The van der Waals surface area contributed by atoms with Crippen molar-refractivity contribution in [3.63, 3.8) is 0 Å². The normalized spacial score (nSPS) is 16.7. The minimum absolute atomic E-state index is 0.177. The van der Waals surface area contributed by atoms with Crippen molar-refractivity contribution in [2.24, 2.45) is 10.7 Å². The molecule has 0 spiro atoms. The summed E-state index contributed by atoms with van der Waals surface area (Å²) in [5, 5.41) is 3.86. The van der Waals surface area contributed by atoms with Crippen molar-refractivity contribution in [1.29, 1.82) is 0 Å². The number of amidine groups is 1. The molecule has 3 rings (SSSR count). The number of rotatable bonds is 5. The summed E-state index contributed by atoms with van der Waals surface area (Å²) in [5.74, 6) is -0.223. The molecule has 1 aliphatic heterocycles. The van der Waals surface area contributed by atoms with Crippen molar-refractivity contribution >= 4 is 52.1 Å². The van der Waals surface area contributed by atoms with Gasteiger partial charge in [-0.1, -0.05) is 23.7 Å². The van der Waals surface area contributed by atoms with E-state index in [4.69, 9.17) is 22.1 Å². The quantitative estimate of drug-likeness (QED) is 0.771. The lowest BCUT2D eigenvalue weighted by Gasteiger charge is -2.03. The Hall–Kier alpha value is -2.77. The maximum absolute atomic E-state index is 12.1. The molecule has 1 heterocycles. The van der Waals surface area contributed by atoms with Gasteiger partial charge in [0.05, 0.1) is 10.6 Å². The number of halogens is 1. The van der Waals surface area contributed by atoms with Crippen molar-refractivity contribution in [2.75, 3.05) is 6.61 Å². The maximum Gasteiger partial charge on any atom is 0.264 e. The largest absolute Gasteiger partial charge is 0.484 e. The second-order valence-electron chi connectivity index (χ2n) is 5.28. The number of primary amides is 1. The number of ether oxygens (including phenoxy) is 1. The zero-order valence-electron chi connectivity index (χ0n) is 13.4. The molecule has 2 amide bonds. The van der Waals surface area contributed by atoms with Gasteiger partial charge >= 0.3 is 0 Å². The summed E-state index contributed by atoms with van der Waals surface area (Å²) in [6.45, 7) is -0.177. The number of thioether (sulfide) groups is 1. The van der Waals surface area contributed by atoms with Gasteiger partial charge in [0, 0.05) is 5.02 Å². The lowest BCUT2D eigenvalue weighted by Crippen LogP contribution is -2.19. The highest BCUT2D eigenvalue weighted by molar-refractivity contribution is 8.18. The van der Waals surface area contributed by atoms with Crippen LogP contribution >= 0.6 is 23.4 Å². The lowest BCUT2D eigenvalue weighted by atomic mass is 10.2. The number of hydrogen-bond acceptors (Lipinski definition) is 5. The average molecular weight is 388 g/mol. The number of carbonyl (C=O) groups is 2. The van der Waals surface area contributed by atoms with E-state index in [1.54, 1.807) is 54.6 Å². The van der Waals surface area contributed by atoms with Gasteiger partial charge in [0.25, 0.3) is 11.8 Å². The first-order valence-corrected chi connectivity index (χ1v) is 8.75. The summed E-state index contributed by atoms with van der Waals surface area (Å²) < 4.78 is 5.20. The highest BCUT2D eigenvalue weighted by atomic mass is 35.5. The highest BCUT2D eigenvalue weighted by Crippen LogP contribution is 2.28. The molecule has 0 saturated carbocycles. The van der Waals surface area contributed by atoms with Crippen LogP contribution in [0, 0.1) is 0 Å². The topological polar surface area (TPSA) is 93.8 Å². The van der Waals surface area contributed by atoms with Crippen LogP contribution in [0.25, 0.3) is 6.08 Å². The molecular weight excluding hydrogens is 374 g/mol. The Balaban J connectivity index is 1.70. The minimum Gasteiger partial charge on any atom is -0.484 e. The van der Waals surface area contributed by atoms with Crippen LogP contribution < -0.4 is 15.8 Å². The summed E-state index contributed by atoms with van der Waals surface area (Å²) in [5.41, 5.74) is 6.56. The van der Waals surface area contributed by atoms with E-state index in [1.165, 1.54) is 11.8 Å². The van der Waals surface area contributed by atoms with Crippen molar-refractivity contribution < 1.29 is 14.3 Å². The number of nitrogens with one attached hydrogen (secondary N) is 1. The number of nitrogens with two attached hydrogens (primary N) is 1. The molecule has 0 radical (unpaired) electrons. The molecule has 0 aliphatic carbocycles. The van der Waals surface area contributed by atoms with Crippen LogP contribution in [0.4, 0.5) is 5.69 Å². The van der Waals surface area contributed by atoms with Crippen molar-refractivity contribution in [1.82, 2.24) is 5.32 Å². The number of nitrogens with zero attached hydrogens (tertiary/aromatic N) is 1. The molecule has 3 N–H and O–H groups in total. The number of hydrogen-bond donors (Lipinski definition) is 2. The monoisotopic (exact) mass is 387 g/mol. The van der Waals surface area contributed by atoms with Crippen LogP contribution in [0.5, 0.6) is 5.75 Å². The van der Waals surface area contributed by atoms with Crippen LogP contribution in [0.1, 0.15) is 5.56 Å². The molecule has 2 aromatic rings. The molecule has 26 heavy (non-hydrogen) atoms. The van der Waals surface area contributed by atoms with Gasteiger partial charge in [0.2, 0.25) is 0 Å². The van der Waals surface area contributed by atoms with E-state index < -0.39 is 5.91 Å². The number of benzene rings is 2. The number of carbonyl (C=O) groups excluding carboxylic acids is 2. The van der Waals surface area contributed by atoms with Crippen molar-refractivity contribution in [3.8, 4) is 5.75 Å². The minimum atomic E-state index is -0.539. The Morgan fingerprint density at radius 1 is 1.19 bits per heavy atom. The van der Waals surface area contributed by atoms with Gasteiger partial charge in [-0.3, -0.25) is 9.59 Å². The first kappa shape index (κ1) is 18.0. The maximum atomic E-state index is 12.1. The Labute approximate surface area is 159 Å². The lowest BCUT2D eigenvalue weighted by molar-refractivity contribution is -0.120. The molecule has 8 heteroatoms. The van der Waals surface area contributed by atoms with E-state index >= 15 is 0 Å². The Bertz CT molecular complexity index is 893. The van der Waals surface area contributed by atoms with Crippen LogP contribution in [-0.2, 0) is 9.59 Å². The summed E-state index contributed by atoms with van der Waals surface area (Å²) in [6, 6.07) is 14.0. The van der Waals surface area contributed by atoms with Crippen LogP contribution in [0.2, 0.25) is 5.02 Å². The van der Waals surface area contributed by atoms with Crippen molar-refractivity contribution in [2.45, 2.75) is 0 Å². The van der Waals surface area contributed by atoms with Crippen LogP contribution in [0.3, 0.4) is 0 Å². The zero-order valence-corrected chi connectivity index (χ0v) is 15.0. The zero-order chi connectivity index (χ0) is 18.5. The first-order chi connectivity index (χ1) is 12.5. The predicted molar refractivity (Wildman–Crippen MR) is 103 cm³/mol. The molecule has 132 valence electrons. The molecule has 0 unspecified atom stereocenters. The molecule has 1 fully saturated rings. The van der Waals surface area contributed by atoms with Gasteiger partial charge in [-0.2, -0.15) is 0 Å². The third-order valence-electron chi connectivity index (χ3n) is 3.27. The molecule has 1 aliphatic rings. The Morgan fingerprint density at radius 3 is 2.54 bits per heavy atom. The Morgan fingerprint density at radius 2 is 1.88 bits per heavy atom. The number of amides is 2. The molecule has 0 bridgehead atoms. The highest BCUT2D eigenvalue weighted by Gasteiger charge is 2.23. The third-order valence-corrected chi connectivity index (χ3v) is 4.43. The van der Waals surface area contributed by atoms with Crippen LogP contribution in [0.15, 0.2) is 58.4 Å². The van der Waals surface area contributed by atoms with Gasteiger partial charge in [-0.15, -0.1) is 0 Å². The molecule has 0 aromatic heterocycles. The summed E-state index contributed by atoms with van der Waals surface area (Å²) in [6.07, 6.45) is 1.75. The molecule has 6 nitrogen and oxygen atoms in total. The summed E-state index contributed by atoms with van der Waals surface area (Å²) >= 11 is 7.10. The molecular formula is C18H14ClN3O3S.